The fraction of sp³-hybridized carbons (Fsp3) is 0.267. The fourth-order valence-electron chi connectivity index (χ4n) is 2.22. The molecule has 1 N–H and O–H groups in total. The molecule has 0 spiro atoms. The average Bonchev–Trinajstić information content (AvgIpc) is 2.37. The second kappa shape index (κ2) is 6.00. The van der Waals surface area contributed by atoms with Crippen molar-refractivity contribution >= 4 is 23.2 Å². The molecule has 2 aromatic rings. The topological polar surface area (TPSA) is 42.4 Å². The summed E-state index contributed by atoms with van der Waals surface area (Å²) in [6, 6.07) is 5.41. The summed E-state index contributed by atoms with van der Waals surface area (Å²) in [7, 11) is 1.57. The molecule has 2 rings (SSSR count). The first-order valence-corrected chi connectivity index (χ1v) is 6.83. The first kappa shape index (κ1) is 15.1. The summed E-state index contributed by atoms with van der Waals surface area (Å²) in [5.74, 6) is 0.614. The molecule has 1 heterocycles. The van der Waals surface area contributed by atoms with Gasteiger partial charge in [-0.05, 0) is 37.1 Å². The van der Waals surface area contributed by atoms with Gasteiger partial charge in [0.15, 0.2) is 0 Å². The number of hydrogen-bond donors (Lipinski definition) is 1. The van der Waals surface area contributed by atoms with E-state index in [1.807, 2.05) is 26.0 Å². The lowest BCUT2D eigenvalue weighted by Gasteiger charge is -2.18. The van der Waals surface area contributed by atoms with Crippen molar-refractivity contribution in [2.75, 3.05) is 7.11 Å². The van der Waals surface area contributed by atoms with Crippen LogP contribution in [0.3, 0.4) is 0 Å². The van der Waals surface area contributed by atoms with Crippen molar-refractivity contribution in [1.82, 2.24) is 4.98 Å². The molecule has 0 aliphatic carbocycles. The van der Waals surface area contributed by atoms with Crippen LogP contribution in [0.2, 0.25) is 10.0 Å². The first-order chi connectivity index (χ1) is 9.43. The van der Waals surface area contributed by atoms with E-state index in [2.05, 4.69) is 4.98 Å². The number of hydrogen-bond acceptors (Lipinski definition) is 3. The highest BCUT2D eigenvalue weighted by Gasteiger charge is 2.22. The second-order valence-electron chi connectivity index (χ2n) is 4.62. The number of nitrogens with zero attached hydrogens (tertiary/aromatic N) is 1. The summed E-state index contributed by atoms with van der Waals surface area (Å²) in [6.07, 6.45) is 0.498. The third kappa shape index (κ3) is 2.90. The highest BCUT2D eigenvalue weighted by molar-refractivity contribution is 6.34. The van der Waals surface area contributed by atoms with Gasteiger partial charge < -0.3 is 9.84 Å². The minimum atomic E-state index is -0.963. The van der Waals surface area contributed by atoms with Gasteiger partial charge in [0, 0.05) is 11.8 Å². The van der Waals surface area contributed by atoms with Crippen LogP contribution in [-0.2, 0) is 0 Å². The quantitative estimate of drug-likeness (QED) is 0.928. The average molecular weight is 312 g/mol. The minimum absolute atomic E-state index is 0.326. The molecule has 0 saturated heterocycles. The number of rotatable bonds is 3. The molecule has 0 radical (unpaired) electrons. The molecular weight excluding hydrogens is 297 g/mol. The maximum Gasteiger partial charge on any atom is 0.126 e. The van der Waals surface area contributed by atoms with Crippen LogP contribution in [0.1, 0.15) is 28.5 Å². The van der Waals surface area contributed by atoms with Gasteiger partial charge in [0.2, 0.25) is 0 Å². The number of aliphatic hydroxyl groups excluding tert-OH is 1. The van der Waals surface area contributed by atoms with Crippen molar-refractivity contribution in [1.29, 1.82) is 0 Å². The summed E-state index contributed by atoms with van der Waals surface area (Å²) < 4.78 is 5.36. The van der Waals surface area contributed by atoms with Crippen LogP contribution >= 0.6 is 23.2 Å². The van der Waals surface area contributed by atoms with Gasteiger partial charge in [-0.2, -0.15) is 0 Å². The zero-order valence-corrected chi connectivity index (χ0v) is 13.0. The summed E-state index contributed by atoms with van der Waals surface area (Å²) >= 11 is 11.9. The first-order valence-electron chi connectivity index (χ1n) is 6.08. The highest BCUT2D eigenvalue weighted by atomic mass is 35.5. The molecule has 1 aromatic carbocycles. The molecule has 0 fully saturated rings. The number of halogens is 2. The van der Waals surface area contributed by atoms with Gasteiger partial charge in [0.1, 0.15) is 11.9 Å². The Balaban J connectivity index is 2.55. The van der Waals surface area contributed by atoms with Crippen molar-refractivity contribution in [3.05, 3.63) is 56.8 Å². The number of aliphatic hydroxyl groups is 1. The molecule has 0 aliphatic heterocycles. The number of ether oxygens (including phenoxy) is 1. The Morgan fingerprint density at radius 2 is 1.90 bits per heavy atom. The third-order valence-electron chi connectivity index (χ3n) is 3.08. The van der Waals surface area contributed by atoms with Crippen molar-refractivity contribution in [3.8, 4) is 5.75 Å². The number of aromatic nitrogens is 1. The standard InChI is InChI=1S/C15H15Cl2NO2/c1-8-4-9(2)13(12(5-8)20-3)15(19)14-11(17)6-10(16)7-18-14/h4-7,15,19H,1-3H3. The molecule has 5 heteroatoms. The molecule has 1 unspecified atom stereocenters. The monoisotopic (exact) mass is 311 g/mol. The summed E-state index contributed by atoms with van der Waals surface area (Å²) in [5.41, 5.74) is 3.00. The summed E-state index contributed by atoms with van der Waals surface area (Å²) in [6.45, 7) is 3.89. The summed E-state index contributed by atoms with van der Waals surface area (Å²) in [5, 5.41) is 11.3. The van der Waals surface area contributed by atoms with E-state index in [0.717, 1.165) is 11.1 Å². The maximum absolute atomic E-state index is 10.6. The smallest absolute Gasteiger partial charge is 0.126 e. The third-order valence-corrected chi connectivity index (χ3v) is 3.59. The van der Waals surface area contributed by atoms with Gasteiger partial charge in [-0.3, -0.25) is 4.98 Å². The Morgan fingerprint density at radius 1 is 1.20 bits per heavy atom. The van der Waals surface area contributed by atoms with Crippen LogP contribution in [0.4, 0.5) is 0 Å². The van der Waals surface area contributed by atoms with Gasteiger partial charge in [-0.1, -0.05) is 29.3 Å². The number of aryl methyl sites for hydroxylation is 2. The SMILES string of the molecule is COc1cc(C)cc(C)c1C(O)c1ncc(Cl)cc1Cl. The van der Waals surface area contributed by atoms with Crippen LogP contribution in [0, 0.1) is 13.8 Å². The highest BCUT2D eigenvalue weighted by Crippen LogP contribution is 2.36. The van der Waals surface area contributed by atoms with E-state index >= 15 is 0 Å². The number of pyridine rings is 1. The van der Waals surface area contributed by atoms with Gasteiger partial charge in [0.25, 0.3) is 0 Å². The molecule has 106 valence electrons. The predicted molar refractivity (Wildman–Crippen MR) is 80.8 cm³/mol. The lowest BCUT2D eigenvalue weighted by atomic mass is 9.97. The Hall–Kier alpha value is -1.29. The zero-order valence-electron chi connectivity index (χ0n) is 11.4. The van der Waals surface area contributed by atoms with Gasteiger partial charge in [0.05, 0.1) is 22.8 Å². The van der Waals surface area contributed by atoms with Gasteiger partial charge in [-0.25, -0.2) is 0 Å². The second-order valence-corrected chi connectivity index (χ2v) is 5.46. The van der Waals surface area contributed by atoms with E-state index < -0.39 is 6.10 Å². The Bertz CT molecular complexity index is 644. The molecule has 20 heavy (non-hydrogen) atoms. The number of benzene rings is 1. The van der Waals surface area contributed by atoms with Gasteiger partial charge in [-0.15, -0.1) is 0 Å². The summed E-state index contributed by atoms with van der Waals surface area (Å²) in [4.78, 5) is 4.12. The number of methoxy groups -OCH3 is 1. The lowest BCUT2D eigenvalue weighted by molar-refractivity contribution is 0.209. The van der Waals surface area contributed by atoms with E-state index in [1.54, 1.807) is 13.2 Å². The molecule has 1 aromatic heterocycles. The van der Waals surface area contributed by atoms with Crippen LogP contribution in [0.25, 0.3) is 0 Å². The molecule has 0 aliphatic rings. The normalized spacial score (nSPS) is 12.3. The maximum atomic E-state index is 10.6. The van der Waals surface area contributed by atoms with Crippen LogP contribution < -0.4 is 4.74 Å². The minimum Gasteiger partial charge on any atom is -0.496 e. The molecule has 1 atom stereocenters. The van der Waals surface area contributed by atoms with E-state index in [4.69, 9.17) is 27.9 Å². The Morgan fingerprint density at radius 3 is 2.50 bits per heavy atom. The van der Waals surface area contributed by atoms with Crippen LogP contribution in [0.5, 0.6) is 5.75 Å². The lowest BCUT2D eigenvalue weighted by Crippen LogP contribution is -2.07. The van der Waals surface area contributed by atoms with Crippen LogP contribution in [-0.4, -0.2) is 17.2 Å². The molecule has 0 saturated carbocycles. The van der Waals surface area contributed by atoms with Crippen molar-refractivity contribution in [3.63, 3.8) is 0 Å². The Kier molecular flexibility index (Phi) is 4.53. The fourth-order valence-corrected chi connectivity index (χ4v) is 2.71. The van der Waals surface area contributed by atoms with E-state index in [1.165, 1.54) is 6.20 Å². The Labute approximate surface area is 128 Å². The van der Waals surface area contributed by atoms with Crippen LogP contribution in [0.15, 0.2) is 24.4 Å². The molecule has 0 amide bonds. The predicted octanol–water partition coefficient (Wildman–Crippen LogP) is 4.10. The largest absolute Gasteiger partial charge is 0.496 e. The van der Waals surface area contributed by atoms with Crippen molar-refractivity contribution in [2.24, 2.45) is 0 Å². The van der Waals surface area contributed by atoms with E-state index in [0.29, 0.717) is 27.1 Å². The van der Waals surface area contributed by atoms with E-state index in [-0.39, 0.29) is 0 Å². The van der Waals surface area contributed by atoms with E-state index in [9.17, 15) is 5.11 Å². The molecule has 0 bridgehead atoms. The van der Waals surface area contributed by atoms with Crippen molar-refractivity contribution in [2.45, 2.75) is 20.0 Å². The zero-order chi connectivity index (χ0) is 14.9. The molecule has 3 nitrogen and oxygen atoms in total. The van der Waals surface area contributed by atoms with Gasteiger partial charge >= 0.3 is 0 Å². The van der Waals surface area contributed by atoms with Crippen molar-refractivity contribution < 1.29 is 9.84 Å². The molecular formula is C15H15Cl2NO2.